The molecule has 0 saturated carbocycles. The zero-order valence-electron chi connectivity index (χ0n) is 10.7. The lowest BCUT2D eigenvalue weighted by Crippen LogP contribution is -2.16. The monoisotopic (exact) mass is 212 g/mol. The number of unbranched alkanes of at least 4 members (excludes halogenated alkanes) is 8. The smallest absolute Gasteiger partial charge is 0.00489 e. The molecule has 0 aliphatic carbocycles. The second-order valence-electron chi connectivity index (χ2n) is 4.43. The minimum absolute atomic E-state index is 1.06. The number of nitrogens with one attached hydrogen (secondary N) is 1. The van der Waals surface area contributed by atoms with Crippen molar-refractivity contribution in [2.75, 3.05) is 13.1 Å². The Labute approximate surface area is 97.0 Å². The van der Waals surface area contributed by atoms with Gasteiger partial charge >= 0.3 is 0 Å². The van der Waals surface area contributed by atoms with Crippen molar-refractivity contribution >= 4 is 0 Å². The average molecular weight is 212 g/mol. The minimum atomic E-state index is 1.06. The maximum Gasteiger partial charge on any atom is -0.00489 e. The van der Waals surface area contributed by atoms with Gasteiger partial charge in [-0.15, -0.1) is 0 Å². The van der Waals surface area contributed by atoms with Gasteiger partial charge in [-0.05, 0) is 25.9 Å². The molecule has 0 saturated heterocycles. The number of rotatable bonds is 12. The summed E-state index contributed by atoms with van der Waals surface area (Å²) in [6, 6.07) is 0. The van der Waals surface area contributed by atoms with Crippen LogP contribution >= 0.6 is 0 Å². The highest BCUT2D eigenvalue weighted by Crippen LogP contribution is 2.07. The molecule has 0 fully saturated rings. The molecule has 0 unspecified atom stereocenters. The lowest BCUT2D eigenvalue weighted by atomic mass is 10.1. The van der Waals surface area contributed by atoms with E-state index in [1.165, 1.54) is 64.3 Å². The molecule has 91 valence electrons. The summed E-state index contributed by atoms with van der Waals surface area (Å²) in [5.41, 5.74) is 0. The highest BCUT2D eigenvalue weighted by Gasteiger charge is 1.91. The van der Waals surface area contributed by atoms with Gasteiger partial charge < -0.3 is 5.32 Å². The summed E-state index contributed by atoms with van der Waals surface area (Å²) in [5.74, 6) is 0. The molecular formula is C14H30N. The lowest BCUT2D eigenvalue weighted by molar-refractivity contribution is 0.551. The van der Waals surface area contributed by atoms with E-state index in [1.54, 1.807) is 0 Å². The second kappa shape index (κ2) is 14.0. The van der Waals surface area contributed by atoms with Crippen LogP contribution in [0.3, 0.4) is 0 Å². The maximum atomic E-state index is 3.83. The predicted molar refractivity (Wildman–Crippen MR) is 70.1 cm³/mol. The fourth-order valence-corrected chi connectivity index (χ4v) is 1.76. The SMILES string of the molecule is [CH2]CCCNCCCCCCCCCC. The molecule has 0 aliphatic heterocycles. The van der Waals surface area contributed by atoms with Crippen LogP contribution in [0.2, 0.25) is 0 Å². The molecule has 0 heterocycles. The van der Waals surface area contributed by atoms with Crippen LogP contribution in [0.15, 0.2) is 0 Å². The van der Waals surface area contributed by atoms with E-state index in [4.69, 9.17) is 0 Å². The third kappa shape index (κ3) is 14.0. The van der Waals surface area contributed by atoms with Gasteiger partial charge in [-0.25, -0.2) is 0 Å². The summed E-state index contributed by atoms with van der Waals surface area (Å²) < 4.78 is 0. The van der Waals surface area contributed by atoms with Crippen molar-refractivity contribution < 1.29 is 0 Å². The Balaban J connectivity index is 2.81. The van der Waals surface area contributed by atoms with Crippen LogP contribution in [-0.2, 0) is 0 Å². The third-order valence-corrected chi connectivity index (χ3v) is 2.81. The van der Waals surface area contributed by atoms with Crippen molar-refractivity contribution in [3.05, 3.63) is 6.92 Å². The normalized spacial score (nSPS) is 10.8. The van der Waals surface area contributed by atoms with E-state index in [0.717, 1.165) is 13.0 Å². The van der Waals surface area contributed by atoms with Crippen molar-refractivity contribution in [2.24, 2.45) is 0 Å². The minimum Gasteiger partial charge on any atom is -0.317 e. The summed E-state index contributed by atoms with van der Waals surface area (Å²) >= 11 is 0. The zero-order valence-corrected chi connectivity index (χ0v) is 10.7. The zero-order chi connectivity index (χ0) is 11.2. The fourth-order valence-electron chi connectivity index (χ4n) is 1.76. The Morgan fingerprint density at radius 1 is 0.733 bits per heavy atom. The first-order valence-electron chi connectivity index (χ1n) is 6.91. The Morgan fingerprint density at radius 3 is 1.87 bits per heavy atom. The van der Waals surface area contributed by atoms with Gasteiger partial charge in [0.15, 0.2) is 0 Å². The molecule has 15 heavy (non-hydrogen) atoms. The van der Waals surface area contributed by atoms with Crippen LogP contribution in [0.1, 0.15) is 71.1 Å². The van der Waals surface area contributed by atoms with E-state index >= 15 is 0 Å². The molecule has 1 nitrogen and oxygen atoms in total. The summed E-state index contributed by atoms with van der Waals surface area (Å²) in [7, 11) is 0. The summed E-state index contributed by atoms with van der Waals surface area (Å²) in [6.07, 6.45) is 13.6. The highest BCUT2D eigenvalue weighted by molar-refractivity contribution is 4.51. The van der Waals surface area contributed by atoms with Crippen LogP contribution < -0.4 is 5.32 Å². The maximum absolute atomic E-state index is 3.83. The molecule has 1 heteroatoms. The summed E-state index contributed by atoms with van der Waals surface area (Å²) in [6.45, 7) is 8.46. The van der Waals surface area contributed by atoms with E-state index in [0.29, 0.717) is 0 Å². The van der Waals surface area contributed by atoms with Crippen molar-refractivity contribution in [3.8, 4) is 0 Å². The van der Waals surface area contributed by atoms with E-state index in [2.05, 4.69) is 19.2 Å². The van der Waals surface area contributed by atoms with Gasteiger partial charge in [0.2, 0.25) is 0 Å². The Kier molecular flexibility index (Phi) is 13.9. The number of hydrogen-bond donors (Lipinski definition) is 1. The van der Waals surface area contributed by atoms with Gasteiger partial charge in [0.25, 0.3) is 0 Å². The molecule has 0 bridgehead atoms. The average Bonchev–Trinajstić information content (AvgIpc) is 2.26. The van der Waals surface area contributed by atoms with E-state index < -0.39 is 0 Å². The van der Waals surface area contributed by atoms with Gasteiger partial charge in [-0.1, -0.05) is 65.2 Å². The largest absolute Gasteiger partial charge is 0.317 e. The van der Waals surface area contributed by atoms with Gasteiger partial charge in [-0.2, -0.15) is 0 Å². The van der Waals surface area contributed by atoms with Gasteiger partial charge in [0, 0.05) is 0 Å². The van der Waals surface area contributed by atoms with Crippen molar-refractivity contribution in [1.29, 1.82) is 0 Å². The quantitative estimate of drug-likeness (QED) is 0.475. The van der Waals surface area contributed by atoms with Gasteiger partial charge in [0.1, 0.15) is 0 Å². The van der Waals surface area contributed by atoms with Crippen molar-refractivity contribution in [2.45, 2.75) is 71.1 Å². The molecule has 0 spiro atoms. The van der Waals surface area contributed by atoms with E-state index in [-0.39, 0.29) is 0 Å². The van der Waals surface area contributed by atoms with Crippen molar-refractivity contribution in [1.82, 2.24) is 5.32 Å². The first-order chi connectivity index (χ1) is 7.41. The molecule has 0 atom stereocenters. The van der Waals surface area contributed by atoms with Gasteiger partial charge in [-0.3, -0.25) is 0 Å². The molecule has 0 aliphatic rings. The molecule has 0 amide bonds. The Morgan fingerprint density at radius 2 is 1.27 bits per heavy atom. The highest BCUT2D eigenvalue weighted by atomic mass is 14.8. The van der Waals surface area contributed by atoms with Crippen molar-refractivity contribution in [3.63, 3.8) is 0 Å². The molecule has 0 aromatic rings. The first kappa shape index (κ1) is 15.0. The molecular weight excluding hydrogens is 182 g/mol. The summed E-state index contributed by atoms with van der Waals surface area (Å²) in [5, 5.41) is 3.46. The predicted octanol–water partition coefficient (Wildman–Crippen LogP) is 4.33. The van der Waals surface area contributed by atoms with Crippen LogP contribution in [0.5, 0.6) is 0 Å². The summed E-state index contributed by atoms with van der Waals surface area (Å²) in [4.78, 5) is 0. The molecule has 0 rings (SSSR count). The van der Waals surface area contributed by atoms with Crippen LogP contribution in [0, 0.1) is 6.92 Å². The van der Waals surface area contributed by atoms with Crippen LogP contribution in [-0.4, -0.2) is 13.1 Å². The van der Waals surface area contributed by atoms with E-state index in [9.17, 15) is 0 Å². The Bertz CT molecular complexity index is 89.5. The van der Waals surface area contributed by atoms with Gasteiger partial charge in [0.05, 0.1) is 0 Å². The van der Waals surface area contributed by atoms with Crippen LogP contribution in [0.25, 0.3) is 0 Å². The molecule has 0 aromatic heterocycles. The second-order valence-corrected chi connectivity index (χ2v) is 4.43. The third-order valence-electron chi connectivity index (χ3n) is 2.81. The number of hydrogen-bond acceptors (Lipinski definition) is 1. The Hall–Kier alpha value is -0.0400. The molecule has 1 radical (unpaired) electrons. The van der Waals surface area contributed by atoms with Crippen LogP contribution in [0.4, 0.5) is 0 Å². The lowest BCUT2D eigenvalue weighted by Gasteiger charge is -2.03. The fraction of sp³-hybridized carbons (Fsp3) is 0.929. The molecule has 0 aromatic carbocycles. The first-order valence-corrected chi connectivity index (χ1v) is 6.91. The van der Waals surface area contributed by atoms with E-state index in [1.807, 2.05) is 0 Å². The standard InChI is InChI=1S/C14H30N/c1-3-5-7-8-9-10-11-12-14-15-13-6-4-2/h15H,2-14H2,1H3. The molecule has 1 N–H and O–H groups in total. The topological polar surface area (TPSA) is 12.0 Å².